The van der Waals surface area contributed by atoms with Crippen LogP contribution in [-0.2, 0) is 18.9 Å². The van der Waals surface area contributed by atoms with E-state index >= 15 is 0 Å². The minimum Gasteiger partial charge on any atom is -0.394 e. The van der Waals surface area contributed by atoms with Crippen molar-refractivity contribution in [3.8, 4) is 0 Å². The highest BCUT2D eigenvalue weighted by molar-refractivity contribution is 4.92. The van der Waals surface area contributed by atoms with Gasteiger partial charge >= 0.3 is 0 Å². The Morgan fingerprint density at radius 3 is 1.69 bits per heavy atom. The summed E-state index contributed by atoms with van der Waals surface area (Å²) in [7, 11) is 0. The molecule has 1 rings (SSSR count). The SMILES string of the molecule is [2H]C(CCCCCCCCCCCC)CO[C@H]1C(OCC=C)O[C@H](CO)[C@@H](O)[C@@H]1OCCCCCCCCCC. The third-order valence-corrected chi connectivity index (χ3v) is 7.65. The maximum absolute atomic E-state index is 10.9. The van der Waals surface area contributed by atoms with Crippen LogP contribution in [0, 0.1) is 0 Å². The number of unbranched alkanes of at least 4 members (excludes halogenated alkanes) is 16. The predicted molar refractivity (Wildman–Crippen MR) is 161 cm³/mol. The Bertz CT molecular complexity index is 565. The molecule has 1 aliphatic heterocycles. The summed E-state index contributed by atoms with van der Waals surface area (Å²) in [4.78, 5) is 0. The third-order valence-electron chi connectivity index (χ3n) is 7.65. The molecule has 6 heteroatoms. The van der Waals surface area contributed by atoms with Crippen LogP contribution in [0.3, 0.4) is 0 Å². The van der Waals surface area contributed by atoms with Gasteiger partial charge in [0.2, 0.25) is 0 Å². The molecule has 6 atom stereocenters. The van der Waals surface area contributed by atoms with Crippen molar-refractivity contribution in [2.75, 3.05) is 26.4 Å². The van der Waals surface area contributed by atoms with Crippen LogP contribution >= 0.6 is 0 Å². The molecule has 0 aromatic carbocycles. The van der Waals surface area contributed by atoms with Gasteiger partial charge in [-0.15, -0.1) is 6.58 Å². The minimum atomic E-state index is -1.03. The van der Waals surface area contributed by atoms with E-state index in [4.69, 9.17) is 20.3 Å². The fraction of sp³-hybridized carbons (Fsp3) is 0.939. The molecule has 39 heavy (non-hydrogen) atoms. The number of aliphatic hydroxyl groups is 2. The van der Waals surface area contributed by atoms with E-state index in [1.54, 1.807) is 6.08 Å². The van der Waals surface area contributed by atoms with Crippen molar-refractivity contribution in [3.63, 3.8) is 0 Å². The summed E-state index contributed by atoms with van der Waals surface area (Å²) >= 11 is 0. The molecule has 0 amide bonds. The molecule has 1 aliphatic rings. The first-order chi connectivity index (χ1) is 19.6. The maximum Gasteiger partial charge on any atom is 0.187 e. The summed E-state index contributed by atoms with van der Waals surface area (Å²) in [6.45, 7) is 8.86. The highest BCUT2D eigenvalue weighted by atomic mass is 16.7. The molecule has 0 aliphatic carbocycles. The summed E-state index contributed by atoms with van der Waals surface area (Å²) in [5.41, 5.74) is 0. The van der Waals surface area contributed by atoms with E-state index in [9.17, 15) is 10.2 Å². The van der Waals surface area contributed by atoms with E-state index in [2.05, 4.69) is 20.4 Å². The molecule has 2 N–H and O–H groups in total. The summed E-state index contributed by atoms with van der Waals surface area (Å²) in [6, 6.07) is 0. The van der Waals surface area contributed by atoms with Gasteiger partial charge in [0, 0.05) is 14.6 Å². The molecule has 0 spiro atoms. The number of ether oxygens (including phenoxy) is 4. The Labute approximate surface area is 242 Å². The van der Waals surface area contributed by atoms with E-state index in [1.807, 2.05) is 0 Å². The minimum absolute atomic E-state index is 0.230. The van der Waals surface area contributed by atoms with Gasteiger partial charge in [-0.1, -0.05) is 135 Å². The zero-order chi connectivity index (χ0) is 29.3. The molecule has 1 heterocycles. The highest BCUT2D eigenvalue weighted by Gasteiger charge is 2.47. The molecule has 2 unspecified atom stereocenters. The molecule has 1 saturated heterocycles. The molecule has 0 bridgehead atoms. The Morgan fingerprint density at radius 2 is 1.18 bits per heavy atom. The standard InChI is InChI=1S/C33H64O6/c1-4-7-9-11-13-15-16-17-18-20-22-24-27-37-32-31(36-26-23-21-19-14-12-10-8-5-2)30(35)29(28-34)39-33(32)38-25-6-3/h6,29-35H,3-5,7-28H2,1-2H3/t29-,30-,31+,32-,33?/m1/s1/i24D/t24?,29-,30-,31+,32-,33?. The quantitative estimate of drug-likeness (QED) is 0.0753. The van der Waals surface area contributed by atoms with Crippen molar-refractivity contribution in [2.24, 2.45) is 0 Å². The van der Waals surface area contributed by atoms with Gasteiger partial charge in [0.15, 0.2) is 6.29 Å². The van der Waals surface area contributed by atoms with E-state index in [0.717, 1.165) is 32.1 Å². The van der Waals surface area contributed by atoms with Crippen molar-refractivity contribution in [2.45, 2.75) is 173 Å². The monoisotopic (exact) mass is 557 g/mol. The second-order valence-corrected chi connectivity index (χ2v) is 11.2. The van der Waals surface area contributed by atoms with Crippen LogP contribution in [0.1, 0.15) is 144 Å². The molecular formula is C33H64O6. The summed E-state index contributed by atoms with van der Waals surface area (Å²) in [6.07, 6.45) is 20.4. The van der Waals surface area contributed by atoms with Crippen LogP contribution in [0.15, 0.2) is 12.7 Å². The predicted octanol–water partition coefficient (Wildman–Crippen LogP) is 7.88. The molecular weight excluding hydrogens is 492 g/mol. The van der Waals surface area contributed by atoms with E-state index in [-0.39, 0.29) is 26.2 Å². The van der Waals surface area contributed by atoms with Gasteiger partial charge in [-0.05, 0) is 12.8 Å². The molecule has 0 aromatic rings. The van der Waals surface area contributed by atoms with Crippen LogP contribution in [0.4, 0.5) is 0 Å². The average Bonchev–Trinajstić information content (AvgIpc) is 2.96. The smallest absolute Gasteiger partial charge is 0.187 e. The first-order valence-corrected chi connectivity index (χ1v) is 16.4. The summed E-state index contributed by atoms with van der Waals surface area (Å²) < 4.78 is 32.5. The molecule has 6 nitrogen and oxygen atoms in total. The molecule has 0 saturated carbocycles. The van der Waals surface area contributed by atoms with Gasteiger partial charge in [-0.3, -0.25) is 0 Å². The lowest BCUT2D eigenvalue weighted by Gasteiger charge is -2.43. The second kappa shape index (κ2) is 26.4. The van der Waals surface area contributed by atoms with E-state index in [1.165, 1.54) is 89.9 Å². The normalized spacial score (nSPS) is 24.5. The second-order valence-electron chi connectivity index (χ2n) is 11.2. The van der Waals surface area contributed by atoms with Gasteiger partial charge in [0.1, 0.15) is 24.4 Å². The topological polar surface area (TPSA) is 77.4 Å². The lowest BCUT2D eigenvalue weighted by Crippen LogP contribution is -2.61. The average molecular weight is 558 g/mol. The van der Waals surface area contributed by atoms with Crippen molar-refractivity contribution in [3.05, 3.63) is 12.7 Å². The lowest BCUT2D eigenvalue weighted by molar-refractivity contribution is -0.314. The highest BCUT2D eigenvalue weighted by Crippen LogP contribution is 2.27. The van der Waals surface area contributed by atoms with Crippen LogP contribution in [0.5, 0.6) is 0 Å². The van der Waals surface area contributed by atoms with Gasteiger partial charge in [0.05, 0.1) is 13.2 Å². The molecule has 1 fully saturated rings. The van der Waals surface area contributed by atoms with Gasteiger partial charge in [-0.2, -0.15) is 0 Å². The fourth-order valence-electron chi connectivity index (χ4n) is 5.20. The Morgan fingerprint density at radius 1 is 0.692 bits per heavy atom. The zero-order valence-corrected chi connectivity index (χ0v) is 25.5. The van der Waals surface area contributed by atoms with E-state index < -0.39 is 30.7 Å². The number of aliphatic hydroxyl groups excluding tert-OH is 2. The van der Waals surface area contributed by atoms with Crippen LogP contribution < -0.4 is 0 Å². The number of hydrogen-bond acceptors (Lipinski definition) is 6. The van der Waals surface area contributed by atoms with Crippen LogP contribution in [0.25, 0.3) is 0 Å². The van der Waals surface area contributed by atoms with Gasteiger partial charge in [-0.25, -0.2) is 0 Å². The van der Waals surface area contributed by atoms with Crippen molar-refractivity contribution in [1.29, 1.82) is 0 Å². The molecule has 0 aromatic heterocycles. The van der Waals surface area contributed by atoms with Gasteiger partial charge in [0.25, 0.3) is 0 Å². The largest absolute Gasteiger partial charge is 0.394 e. The summed E-state index contributed by atoms with van der Waals surface area (Å²) in [5, 5.41) is 20.7. The Kier molecular flexibility index (Phi) is 23.5. The lowest BCUT2D eigenvalue weighted by atomic mass is 9.98. The first-order valence-electron chi connectivity index (χ1n) is 17.0. The zero-order valence-electron chi connectivity index (χ0n) is 26.5. The fourth-order valence-corrected chi connectivity index (χ4v) is 5.20. The van der Waals surface area contributed by atoms with Crippen molar-refractivity contribution >= 4 is 0 Å². The van der Waals surface area contributed by atoms with Crippen LogP contribution in [0.2, 0.25) is 0 Å². The van der Waals surface area contributed by atoms with E-state index in [0.29, 0.717) is 6.61 Å². The number of rotatable bonds is 28. The van der Waals surface area contributed by atoms with Gasteiger partial charge < -0.3 is 29.2 Å². The Hall–Kier alpha value is -0.500. The Balaban J connectivity index is 2.46. The first kappa shape index (κ1) is 34.7. The van der Waals surface area contributed by atoms with Crippen LogP contribution in [-0.4, -0.2) is 67.3 Å². The number of hydrogen-bond donors (Lipinski definition) is 2. The third kappa shape index (κ3) is 17.8. The molecule has 232 valence electrons. The van der Waals surface area contributed by atoms with Crippen molar-refractivity contribution in [1.82, 2.24) is 0 Å². The summed E-state index contributed by atoms with van der Waals surface area (Å²) in [5.74, 6) is 0. The maximum atomic E-state index is 10.9. The molecule has 0 radical (unpaired) electrons. The van der Waals surface area contributed by atoms with Crippen molar-refractivity contribution < 1.29 is 30.5 Å².